The van der Waals surface area contributed by atoms with Crippen LogP contribution < -0.4 is 5.32 Å². The Bertz CT molecular complexity index is 573. The van der Waals surface area contributed by atoms with Crippen molar-refractivity contribution >= 4 is 15.9 Å². The van der Waals surface area contributed by atoms with E-state index in [2.05, 4.69) is 55.9 Å². The molecule has 2 rings (SSSR count). The van der Waals surface area contributed by atoms with Crippen molar-refractivity contribution in [1.29, 1.82) is 0 Å². The minimum atomic E-state index is 0.796. The van der Waals surface area contributed by atoms with Crippen LogP contribution in [0.15, 0.2) is 17.0 Å². The number of hydrogen-bond donors (Lipinski definition) is 1. The third kappa shape index (κ3) is 4.17. The minimum Gasteiger partial charge on any atom is -0.331 e. The number of aryl methyl sites for hydroxylation is 2. The second-order valence-corrected chi connectivity index (χ2v) is 5.99. The van der Waals surface area contributed by atoms with Crippen LogP contribution in [0.2, 0.25) is 0 Å². The fourth-order valence-corrected chi connectivity index (χ4v) is 2.74. The van der Waals surface area contributed by atoms with Gasteiger partial charge in [0.25, 0.3) is 0 Å². The number of nitrogens with zero attached hydrogens (tertiary/aromatic N) is 4. The standard InChI is InChI=1S/C15H24BrN5/c1-4-7-17-8-6-13-9-20(11-18-13)10-14-15(16)12(3)19-21(14)5-2/h9,11,17H,4-8,10H2,1-3H3. The maximum absolute atomic E-state index is 4.53. The Labute approximate surface area is 134 Å². The summed E-state index contributed by atoms with van der Waals surface area (Å²) in [6.45, 7) is 10.1. The van der Waals surface area contributed by atoms with Gasteiger partial charge in [0.15, 0.2) is 0 Å². The van der Waals surface area contributed by atoms with Gasteiger partial charge in [-0.1, -0.05) is 6.92 Å². The van der Waals surface area contributed by atoms with Crippen LogP contribution in [0.3, 0.4) is 0 Å². The van der Waals surface area contributed by atoms with E-state index in [9.17, 15) is 0 Å². The highest BCUT2D eigenvalue weighted by atomic mass is 79.9. The second kappa shape index (κ2) is 7.75. The van der Waals surface area contributed by atoms with Crippen LogP contribution in [-0.2, 0) is 19.5 Å². The molecule has 0 aliphatic carbocycles. The predicted octanol–water partition coefficient (Wildman–Crippen LogP) is 2.76. The molecule has 0 saturated heterocycles. The number of imidazole rings is 1. The van der Waals surface area contributed by atoms with Crippen LogP contribution in [0.5, 0.6) is 0 Å². The van der Waals surface area contributed by atoms with Crippen molar-refractivity contribution in [1.82, 2.24) is 24.6 Å². The molecule has 2 aromatic heterocycles. The van der Waals surface area contributed by atoms with Gasteiger partial charge in [-0.3, -0.25) is 4.68 Å². The first-order chi connectivity index (χ1) is 10.2. The van der Waals surface area contributed by atoms with Crippen molar-refractivity contribution in [3.05, 3.63) is 34.1 Å². The third-order valence-electron chi connectivity index (χ3n) is 3.46. The number of aromatic nitrogens is 4. The summed E-state index contributed by atoms with van der Waals surface area (Å²) in [5.41, 5.74) is 3.37. The number of nitrogens with one attached hydrogen (secondary N) is 1. The molecule has 0 bridgehead atoms. The van der Waals surface area contributed by atoms with E-state index >= 15 is 0 Å². The normalized spacial score (nSPS) is 11.2. The molecule has 0 saturated carbocycles. The van der Waals surface area contributed by atoms with Crippen LogP contribution >= 0.6 is 15.9 Å². The Kier molecular flexibility index (Phi) is 5.99. The van der Waals surface area contributed by atoms with Crippen LogP contribution in [0.1, 0.15) is 37.4 Å². The van der Waals surface area contributed by atoms with E-state index in [-0.39, 0.29) is 0 Å². The molecule has 0 atom stereocenters. The Hall–Kier alpha value is -1.14. The summed E-state index contributed by atoms with van der Waals surface area (Å²) in [4.78, 5) is 4.48. The van der Waals surface area contributed by atoms with E-state index in [1.165, 1.54) is 12.1 Å². The van der Waals surface area contributed by atoms with E-state index < -0.39 is 0 Å². The van der Waals surface area contributed by atoms with Crippen molar-refractivity contribution in [2.75, 3.05) is 13.1 Å². The highest BCUT2D eigenvalue weighted by Crippen LogP contribution is 2.22. The Morgan fingerprint density at radius 3 is 2.81 bits per heavy atom. The van der Waals surface area contributed by atoms with E-state index in [1.54, 1.807) is 0 Å². The van der Waals surface area contributed by atoms with Crippen LogP contribution in [-0.4, -0.2) is 32.4 Å². The van der Waals surface area contributed by atoms with Gasteiger partial charge in [0.1, 0.15) is 0 Å². The molecular weight excluding hydrogens is 330 g/mol. The molecule has 2 aromatic rings. The fraction of sp³-hybridized carbons (Fsp3) is 0.600. The van der Waals surface area contributed by atoms with E-state index in [1.807, 2.05) is 17.9 Å². The molecule has 0 aliphatic heterocycles. The first-order valence-corrected chi connectivity index (χ1v) is 8.38. The van der Waals surface area contributed by atoms with Gasteiger partial charge in [-0.2, -0.15) is 5.10 Å². The zero-order valence-corrected chi connectivity index (χ0v) is 14.7. The van der Waals surface area contributed by atoms with Gasteiger partial charge in [0, 0.05) is 25.7 Å². The molecule has 6 heteroatoms. The predicted molar refractivity (Wildman–Crippen MR) is 88.5 cm³/mol. The van der Waals surface area contributed by atoms with Crippen LogP contribution in [0.4, 0.5) is 0 Å². The molecule has 2 heterocycles. The van der Waals surface area contributed by atoms with Crippen molar-refractivity contribution < 1.29 is 0 Å². The van der Waals surface area contributed by atoms with Gasteiger partial charge < -0.3 is 9.88 Å². The molecule has 0 amide bonds. The lowest BCUT2D eigenvalue weighted by Crippen LogP contribution is -2.17. The molecule has 0 spiro atoms. The first kappa shape index (κ1) is 16.2. The topological polar surface area (TPSA) is 47.7 Å². The van der Waals surface area contributed by atoms with Crippen molar-refractivity contribution in [3.8, 4) is 0 Å². The first-order valence-electron chi connectivity index (χ1n) is 7.58. The van der Waals surface area contributed by atoms with Gasteiger partial charge in [-0.25, -0.2) is 4.98 Å². The highest BCUT2D eigenvalue weighted by molar-refractivity contribution is 9.10. The lowest BCUT2D eigenvalue weighted by molar-refractivity contribution is 0.596. The zero-order chi connectivity index (χ0) is 15.2. The third-order valence-corrected chi connectivity index (χ3v) is 4.49. The quantitative estimate of drug-likeness (QED) is 0.742. The molecular formula is C15H24BrN5. The van der Waals surface area contributed by atoms with Gasteiger partial charge in [0.2, 0.25) is 0 Å². The molecule has 0 unspecified atom stereocenters. The van der Waals surface area contributed by atoms with Crippen LogP contribution in [0.25, 0.3) is 0 Å². The Morgan fingerprint density at radius 1 is 1.29 bits per heavy atom. The highest BCUT2D eigenvalue weighted by Gasteiger charge is 2.12. The van der Waals surface area contributed by atoms with Gasteiger partial charge in [-0.05, 0) is 42.7 Å². The Morgan fingerprint density at radius 2 is 2.10 bits per heavy atom. The second-order valence-electron chi connectivity index (χ2n) is 5.20. The van der Waals surface area contributed by atoms with Gasteiger partial charge in [-0.15, -0.1) is 0 Å². The molecule has 0 fully saturated rings. The maximum atomic E-state index is 4.53. The number of rotatable bonds is 8. The summed E-state index contributed by atoms with van der Waals surface area (Å²) < 4.78 is 5.27. The van der Waals surface area contributed by atoms with E-state index in [0.29, 0.717) is 0 Å². The zero-order valence-electron chi connectivity index (χ0n) is 13.1. The van der Waals surface area contributed by atoms with E-state index in [0.717, 1.165) is 48.5 Å². The van der Waals surface area contributed by atoms with Crippen molar-refractivity contribution in [3.63, 3.8) is 0 Å². The van der Waals surface area contributed by atoms with Crippen molar-refractivity contribution in [2.24, 2.45) is 0 Å². The molecule has 5 nitrogen and oxygen atoms in total. The lowest BCUT2D eigenvalue weighted by atomic mass is 10.3. The SMILES string of the molecule is CCCNCCc1cn(Cc2c(Br)c(C)nn2CC)cn1. The molecule has 0 aliphatic rings. The van der Waals surface area contributed by atoms with Crippen LogP contribution in [0, 0.1) is 6.92 Å². The lowest BCUT2D eigenvalue weighted by Gasteiger charge is -2.06. The molecule has 116 valence electrons. The summed E-state index contributed by atoms with van der Waals surface area (Å²) in [6.07, 6.45) is 6.18. The molecule has 21 heavy (non-hydrogen) atoms. The number of hydrogen-bond acceptors (Lipinski definition) is 3. The molecule has 0 aromatic carbocycles. The summed E-state index contributed by atoms with van der Waals surface area (Å²) in [7, 11) is 0. The maximum Gasteiger partial charge on any atom is 0.0953 e. The summed E-state index contributed by atoms with van der Waals surface area (Å²) >= 11 is 3.64. The fourth-order valence-electron chi connectivity index (χ4n) is 2.33. The summed E-state index contributed by atoms with van der Waals surface area (Å²) in [6, 6.07) is 0. The monoisotopic (exact) mass is 353 g/mol. The smallest absolute Gasteiger partial charge is 0.0953 e. The number of halogens is 1. The molecule has 0 radical (unpaired) electrons. The average Bonchev–Trinajstić information content (AvgIpc) is 3.03. The average molecular weight is 354 g/mol. The van der Waals surface area contributed by atoms with Gasteiger partial charge >= 0.3 is 0 Å². The largest absolute Gasteiger partial charge is 0.331 e. The minimum absolute atomic E-state index is 0.796. The summed E-state index contributed by atoms with van der Waals surface area (Å²) in [5, 5.41) is 7.93. The molecule has 1 N–H and O–H groups in total. The summed E-state index contributed by atoms with van der Waals surface area (Å²) in [5.74, 6) is 0. The Balaban J connectivity index is 1.99. The van der Waals surface area contributed by atoms with Crippen molar-refractivity contribution in [2.45, 2.75) is 46.7 Å². The van der Waals surface area contributed by atoms with E-state index in [4.69, 9.17) is 0 Å². The van der Waals surface area contributed by atoms with Gasteiger partial charge in [0.05, 0.1) is 34.4 Å².